The molecule has 1 aliphatic carbocycles. The third kappa shape index (κ3) is 3.73. The fourth-order valence-electron chi connectivity index (χ4n) is 1.81. The maximum Gasteiger partial charge on any atom is 0.407 e. The summed E-state index contributed by atoms with van der Waals surface area (Å²) in [6, 6.07) is 9.12. The van der Waals surface area contributed by atoms with Crippen molar-refractivity contribution < 1.29 is 20.5 Å². The van der Waals surface area contributed by atoms with Crippen LogP contribution in [0.5, 0.6) is 0 Å². The van der Waals surface area contributed by atoms with Gasteiger partial charge in [0, 0.05) is 7.85 Å². The van der Waals surface area contributed by atoms with Crippen LogP contribution in [0.2, 0.25) is 0 Å². The molecule has 1 unspecified atom stereocenters. The third-order valence-corrected chi connectivity index (χ3v) is 2.83. The minimum atomic E-state index is -0.525. The summed E-state index contributed by atoms with van der Waals surface area (Å²) in [6.07, 6.45) is 1.46. The number of carbonyl (C=O) groups is 2. The average molecular weight is 275 g/mol. The van der Waals surface area contributed by atoms with Crippen LogP contribution in [0.3, 0.4) is 0 Å². The van der Waals surface area contributed by atoms with E-state index in [4.69, 9.17) is 4.74 Å². The number of hydrogen-bond acceptors (Lipinski definition) is 4. The van der Waals surface area contributed by atoms with Crippen LogP contribution in [0.25, 0.3) is 0 Å². The maximum absolute atomic E-state index is 11.6. The lowest BCUT2D eigenvalue weighted by Crippen LogP contribution is -2.33. The number of alkyl carbamates (subject to hydrolysis) is 1. The summed E-state index contributed by atoms with van der Waals surface area (Å²) in [5.41, 5.74) is 4.12. The van der Waals surface area contributed by atoms with E-state index in [2.05, 4.69) is 15.8 Å². The Labute approximate surface area is 118 Å². The van der Waals surface area contributed by atoms with Crippen LogP contribution in [0.1, 0.15) is 13.4 Å². The summed E-state index contributed by atoms with van der Waals surface area (Å²) in [7, 11) is 1.31. The summed E-state index contributed by atoms with van der Waals surface area (Å²) < 4.78 is 9.68. The normalized spacial score (nSPS) is 16.4. The molecule has 1 atom stereocenters. The van der Waals surface area contributed by atoms with Gasteiger partial charge in [-0.3, -0.25) is 0 Å². The van der Waals surface area contributed by atoms with Gasteiger partial charge in [0.1, 0.15) is 6.61 Å². The highest BCUT2D eigenvalue weighted by molar-refractivity contribution is 5.89. The van der Waals surface area contributed by atoms with Gasteiger partial charge in [0.25, 0.3) is 0 Å². The van der Waals surface area contributed by atoms with Gasteiger partial charge in [-0.15, -0.1) is 5.73 Å². The van der Waals surface area contributed by atoms with Crippen LogP contribution in [0, 0.1) is 0 Å². The predicted octanol–water partition coefficient (Wildman–Crippen LogP) is 2.19. The molecular weight excluding hydrogens is 258 g/mol. The number of methoxy groups -OCH3 is 1. The van der Waals surface area contributed by atoms with Crippen LogP contribution in [-0.2, 0) is 20.9 Å². The van der Waals surface area contributed by atoms with Crippen molar-refractivity contribution >= 4 is 12.1 Å². The second kappa shape index (κ2) is 6.59. The van der Waals surface area contributed by atoms with E-state index >= 15 is 0 Å². The zero-order chi connectivity index (χ0) is 14.4. The van der Waals surface area contributed by atoms with Crippen LogP contribution >= 0.6 is 0 Å². The molecule has 0 heterocycles. The third-order valence-electron chi connectivity index (χ3n) is 2.83. The van der Waals surface area contributed by atoms with Crippen molar-refractivity contribution in [2.24, 2.45) is 0 Å². The van der Waals surface area contributed by atoms with Crippen molar-refractivity contribution in [1.29, 1.82) is 0 Å². The molecule has 1 aliphatic rings. The molecule has 106 valence electrons. The largest absolute Gasteiger partial charge is 0.465 e. The summed E-state index contributed by atoms with van der Waals surface area (Å²) in [5, 5.41) is 2.65. The smallest absolute Gasteiger partial charge is 0.407 e. The first kappa shape index (κ1) is 13.9. The van der Waals surface area contributed by atoms with Gasteiger partial charge in [-0.2, -0.15) is 0 Å². The van der Waals surface area contributed by atoms with Crippen molar-refractivity contribution in [3.05, 3.63) is 53.3 Å². The molecule has 0 saturated carbocycles. The second-order valence-corrected chi connectivity index (χ2v) is 4.30. The SMILES string of the molecule is COC(=O)C1=C=CC(NC(=O)OCc2ccccc2)C1.[HH]. The number of ether oxygens (including phenoxy) is 2. The number of hydrogen-bond donors (Lipinski definition) is 1. The summed E-state index contributed by atoms with van der Waals surface area (Å²) in [6.45, 7) is 0.209. The number of nitrogens with one attached hydrogen (secondary N) is 1. The molecule has 0 radical (unpaired) electrons. The minimum absolute atomic E-state index is 0. The molecule has 0 fully saturated rings. The van der Waals surface area contributed by atoms with E-state index in [-0.39, 0.29) is 14.1 Å². The van der Waals surface area contributed by atoms with Gasteiger partial charge in [-0.05, 0) is 11.6 Å². The van der Waals surface area contributed by atoms with E-state index in [9.17, 15) is 9.59 Å². The first-order chi connectivity index (χ1) is 9.69. The molecule has 1 amide bonds. The molecule has 1 aromatic rings. The number of rotatable bonds is 4. The second-order valence-electron chi connectivity index (χ2n) is 4.30. The van der Waals surface area contributed by atoms with E-state index in [1.54, 1.807) is 6.08 Å². The van der Waals surface area contributed by atoms with Gasteiger partial charge in [-0.1, -0.05) is 30.3 Å². The van der Waals surface area contributed by atoms with Crippen LogP contribution < -0.4 is 5.32 Å². The van der Waals surface area contributed by atoms with Gasteiger partial charge in [-0.25, -0.2) is 9.59 Å². The van der Waals surface area contributed by atoms with Crippen LogP contribution in [-0.4, -0.2) is 25.2 Å². The lowest BCUT2D eigenvalue weighted by molar-refractivity contribution is -0.136. The highest BCUT2D eigenvalue weighted by Gasteiger charge is 2.21. The number of benzene rings is 1. The average Bonchev–Trinajstić information content (AvgIpc) is 2.94. The van der Waals surface area contributed by atoms with Crippen molar-refractivity contribution in [2.45, 2.75) is 19.1 Å². The van der Waals surface area contributed by atoms with Crippen molar-refractivity contribution in [3.63, 3.8) is 0 Å². The van der Waals surface area contributed by atoms with Crippen molar-refractivity contribution in [2.75, 3.05) is 7.11 Å². The molecule has 0 spiro atoms. The Morgan fingerprint density at radius 1 is 1.40 bits per heavy atom. The molecular formula is C15H17NO4. The van der Waals surface area contributed by atoms with E-state index in [1.165, 1.54) is 7.11 Å². The van der Waals surface area contributed by atoms with Gasteiger partial charge >= 0.3 is 12.1 Å². The van der Waals surface area contributed by atoms with E-state index in [1.807, 2.05) is 30.3 Å². The summed E-state index contributed by atoms with van der Waals surface area (Å²) in [4.78, 5) is 22.9. The Kier molecular flexibility index (Phi) is 4.58. The molecule has 0 bridgehead atoms. The number of amides is 1. The topological polar surface area (TPSA) is 64.6 Å². The van der Waals surface area contributed by atoms with Crippen molar-refractivity contribution in [1.82, 2.24) is 5.32 Å². The Hall–Kier alpha value is -2.52. The lowest BCUT2D eigenvalue weighted by Gasteiger charge is -2.11. The Morgan fingerprint density at radius 3 is 2.85 bits per heavy atom. The molecule has 0 aromatic heterocycles. The first-order valence-corrected chi connectivity index (χ1v) is 6.20. The molecule has 0 aliphatic heterocycles. The fraction of sp³-hybridized carbons (Fsp3) is 0.267. The molecule has 5 heteroatoms. The van der Waals surface area contributed by atoms with Gasteiger partial charge in [0.2, 0.25) is 0 Å². The van der Waals surface area contributed by atoms with Crippen LogP contribution in [0.4, 0.5) is 4.79 Å². The van der Waals surface area contributed by atoms with E-state index in [0.29, 0.717) is 12.0 Å². The Balaban J connectivity index is 0.00000220. The van der Waals surface area contributed by atoms with Crippen molar-refractivity contribution in [3.8, 4) is 0 Å². The maximum atomic E-state index is 11.6. The Bertz CT molecular complexity index is 564. The standard InChI is InChI=1S/C15H15NO4.H2/c1-19-14(17)12-7-8-13(9-12)16-15(18)20-10-11-5-3-2-4-6-11;/h2-6,8,13H,9-10H2,1H3,(H,16,18);1H. The molecule has 1 aromatic carbocycles. The zero-order valence-electron chi connectivity index (χ0n) is 11.1. The quantitative estimate of drug-likeness (QED) is 0.675. The monoisotopic (exact) mass is 275 g/mol. The summed E-state index contributed by atoms with van der Waals surface area (Å²) in [5.74, 6) is -0.428. The van der Waals surface area contributed by atoms with Crippen LogP contribution in [0.15, 0.2) is 47.7 Å². The number of carbonyl (C=O) groups excluding carboxylic acids is 2. The molecule has 1 N–H and O–H groups in total. The van der Waals surface area contributed by atoms with Gasteiger partial charge in [0.15, 0.2) is 0 Å². The molecule has 5 nitrogen and oxygen atoms in total. The Morgan fingerprint density at radius 2 is 2.15 bits per heavy atom. The fourth-order valence-corrected chi connectivity index (χ4v) is 1.81. The lowest BCUT2D eigenvalue weighted by atomic mass is 10.2. The number of esters is 1. The predicted molar refractivity (Wildman–Crippen MR) is 73.9 cm³/mol. The zero-order valence-corrected chi connectivity index (χ0v) is 11.1. The highest BCUT2D eigenvalue weighted by Crippen LogP contribution is 2.13. The molecule has 20 heavy (non-hydrogen) atoms. The van der Waals surface area contributed by atoms with E-state index < -0.39 is 12.1 Å². The summed E-state index contributed by atoms with van der Waals surface area (Å²) >= 11 is 0. The molecule has 0 saturated heterocycles. The van der Waals surface area contributed by atoms with Gasteiger partial charge in [0.05, 0.1) is 18.7 Å². The minimum Gasteiger partial charge on any atom is -0.465 e. The highest BCUT2D eigenvalue weighted by atomic mass is 16.5. The molecule has 2 rings (SSSR count). The van der Waals surface area contributed by atoms with E-state index in [0.717, 1.165) is 5.56 Å². The first-order valence-electron chi connectivity index (χ1n) is 6.20. The van der Waals surface area contributed by atoms with Gasteiger partial charge < -0.3 is 14.8 Å².